The zero-order valence-corrected chi connectivity index (χ0v) is 7.90. The Bertz CT molecular complexity index is 104. The average molecular weight is 176 g/mol. The SMILES string of the molecule is CCC(O)C(CCO)CC(C)O. The lowest BCUT2D eigenvalue weighted by molar-refractivity contribution is 0.0509. The van der Waals surface area contributed by atoms with Gasteiger partial charge in [0.05, 0.1) is 12.2 Å². The molecule has 3 N–H and O–H groups in total. The van der Waals surface area contributed by atoms with E-state index in [0.717, 1.165) is 0 Å². The topological polar surface area (TPSA) is 60.7 Å². The Hall–Kier alpha value is -0.120. The van der Waals surface area contributed by atoms with Crippen LogP contribution in [0.3, 0.4) is 0 Å². The van der Waals surface area contributed by atoms with E-state index >= 15 is 0 Å². The van der Waals surface area contributed by atoms with Gasteiger partial charge in [-0.1, -0.05) is 6.92 Å². The summed E-state index contributed by atoms with van der Waals surface area (Å²) < 4.78 is 0. The highest BCUT2D eigenvalue weighted by Gasteiger charge is 2.18. The molecule has 12 heavy (non-hydrogen) atoms. The molecule has 0 bridgehead atoms. The van der Waals surface area contributed by atoms with Gasteiger partial charge in [0.1, 0.15) is 0 Å². The Morgan fingerprint density at radius 3 is 2.17 bits per heavy atom. The summed E-state index contributed by atoms with van der Waals surface area (Å²) in [4.78, 5) is 0. The predicted octanol–water partition coefficient (Wildman–Crippen LogP) is 0.527. The van der Waals surface area contributed by atoms with Crippen LogP contribution in [0.15, 0.2) is 0 Å². The normalized spacial score (nSPS) is 18.8. The zero-order valence-electron chi connectivity index (χ0n) is 7.90. The van der Waals surface area contributed by atoms with Gasteiger partial charge in [-0.05, 0) is 32.1 Å². The van der Waals surface area contributed by atoms with Gasteiger partial charge < -0.3 is 15.3 Å². The number of hydrogen-bond acceptors (Lipinski definition) is 3. The highest BCUT2D eigenvalue weighted by Crippen LogP contribution is 2.17. The first kappa shape index (κ1) is 11.9. The van der Waals surface area contributed by atoms with Crippen molar-refractivity contribution in [3.05, 3.63) is 0 Å². The van der Waals surface area contributed by atoms with E-state index in [1.807, 2.05) is 6.92 Å². The smallest absolute Gasteiger partial charge is 0.0567 e. The van der Waals surface area contributed by atoms with E-state index in [9.17, 15) is 5.11 Å². The minimum Gasteiger partial charge on any atom is -0.396 e. The molecular weight excluding hydrogens is 156 g/mol. The fourth-order valence-corrected chi connectivity index (χ4v) is 1.40. The molecule has 0 radical (unpaired) electrons. The number of rotatable bonds is 6. The largest absolute Gasteiger partial charge is 0.396 e. The second-order valence-electron chi connectivity index (χ2n) is 3.33. The summed E-state index contributed by atoms with van der Waals surface area (Å²) in [6.45, 7) is 3.68. The highest BCUT2D eigenvalue weighted by atomic mass is 16.3. The van der Waals surface area contributed by atoms with E-state index in [2.05, 4.69) is 0 Å². The van der Waals surface area contributed by atoms with Crippen LogP contribution >= 0.6 is 0 Å². The van der Waals surface area contributed by atoms with Gasteiger partial charge in [0.25, 0.3) is 0 Å². The molecule has 3 atom stereocenters. The monoisotopic (exact) mass is 176 g/mol. The summed E-state index contributed by atoms with van der Waals surface area (Å²) in [6.07, 6.45) is 1.02. The molecule has 3 nitrogen and oxygen atoms in total. The number of hydrogen-bond donors (Lipinski definition) is 3. The Balaban J connectivity index is 3.84. The fourth-order valence-electron chi connectivity index (χ4n) is 1.40. The zero-order chi connectivity index (χ0) is 9.56. The van der Waals surface area contributed by atoms with Crippen molar-refractivity contribution in [3.8, 4) is 0 Å². The summed E-state index contributed by atoms with van der Waals surface area (Å²) in [5.74, 6) is 0.0278. The Morgan fingerprint density at radius 1 is 1.25 bits per heavy atom. The lowest BCUT2D eigenvalue weighted by atomic mass is 9.91. The minimum absolute atomic E-state index is 0.0278. The van der Waals surface area contributed by atoms with Gasteiger partial charge >= 0.3 is 0 Å². The Kier molecular flexibility index (Phi) is 6.34. The van der Waals surface area contributed by atoms with Crippen LogP contribution in [0.4, 0.5) is 0 Å². The molecule has 0 rings (SSSR count). The molecule has 3 heteroatoms. The van der Waals surface area contributed by atoms with Crippen molar-refractivity contribution in [2.45, 2.75) is 45.3 Å². The minimum atomic E-state index is -0.400. The van der Waals surface area contributed by atoms with Gasteiger partial charge in [0.2, 0.25) is 0 Å². The van der Waals surface area contributed by atoms with Gasteiger partial charge in [-0.25, -0.2) is 0 Å². The first-order chi connectivity index (χ1) is 5.61. The highest BCUT2D eigenvalue weighted by molar-refractivity contribution is 4.69. The molecule has 0 amide bonds. The lowest BCUT2D eigenvalue weighted by Crippen LogP contribution is -2.24. The van der Waals surface area contributed by atoms with Crippen LogP contribution < -0.4 is 0 Å². The predicted molar refractivity (Wildman–Crippen MR) is 47.8 cm³/mol. The molecule has 0 heterocycles. The van der Waals surface area contributed by atoms with Crippen LogP contribution in [-0.2, 0) is 0 Å². The van der Waals surface area contributed by atoms with Crippen molar-refractivity contribution in [3.63, 3.8) is 0 Å². The molecule has 0 aromatic carbocycles. The molecule has 0 saturated heterocycles. The Labute approximate surface area is 74.0 Å². The van der Waals surface area contributed by atoms with Crippen molar-refractivity contribution < 1.29 is 15.3 Å². The summed E-state index contributed by atoms with van der Waals surface area (Å²) in [5.41, 5.74) is 0. The maximum absolute atomic E-state index is 9.48. The van der Waals surface area contributed by atoms with Crippen molar-refractivity contribution in [1.29, 1.82) is 0 Å². The molecule has 0 spiro atoms. The molecule has 0 aliphatic heterocycles. The van der Waals surface area contributed by atoms with Gasteiger partial charge in [0.15, 0.2) is 0 Å². The van der Waals surface area contributed by atoms with E-state index in [0.29, 0.717) is 19.3 Å². The van der Waals surface area contributed by atoms with E-state index in [-0.39, 0.29) is 12.5 Å². The molecular formula is C9H20O3. The van der Waals surface area contributed by atoms with Crippen LogP contribution in [-0.4, -0.2) is 34.1 Å². The molecule has 0 aliphatic carbocycles. The number of aliphatic hydroxyl groups is 3. The van der Waals surface area contributed by atoms with Gasteiger partial charge in [-0.3, -0.25) is 0 Å². The van der Waals surface area contributed by atoms with Gasteiger partial charge in [-0.15, -0.1) is 0 Å². The molecule has 0 aromatic rings. The average Bonchev–Trinajstić information content (AvgIpc) is 2.01. The third-order valence-electron chi connectivity index (χ3n) is 2.11. The third-order valence-corrected chi connectivity index (χ3v) is 2.11. The van der Waals surface area contributed by atoms with E-state index < -0.39 is 12.2 Å². The molecule has 0 fully saturated rings. The van der Waals surface area contributed by atoms with Gasteiger partial charge in [0, 0.05) is 6.61 Å². The van der Waals surface area contributed by atoms with Crippen LogP contribution in [0, 0.1) is 5.92 Å². The van der Waals surface area contributed by atoms with Gasteiger partial charge in [-0.2, -0.15) is 0 Å². The molecule has 0 aliphatic rings. The molecule has 74 valence electrons. The van der Waals surface area contributed by atoms with Crippen LogP contribution in [0.1, 0.15) is 33.1 Å². The first-order valence-corrected chi connectivity index (χ1v) is 4.58. The summed E-state index contributed by atoms with van der Waals surface area (Å²) in [5, 5.41) is 27.3. The van der Waals surface area contributed by atoms with Crippen LogP contribution in [0.5, 0.6) is 0 Å². The van der Waals surface area contributed by atoms with E-state index in [1.165, 1.54) is 0 Å². The second-order valence-corrected chi connectivity index (χ2v) is 3.33. The Morgan fingerprint density at radius 2 is 1.83 bits per heavy atom. The number of aliphatic hydroxyl groups excluding tert-OH is 3. The standard InChI is InChI=1S/C9H20O3/c1-3-9(12)8(4-5-10)6-7(2)11/h7-12H,3-6H2,1-2H3. The van der Waals surface area contributed by atoms with Crippen molar-refractivity contribution in [2.75, 3.05) is 6.61 Å². The maximum Gasteiger partial charge on any atom is 0.0567 e. The fraction of sp³-hybridized carbons (Fsp3) is 1.00. The summed E-state index contributed by atoms with van der Waals surface area (Å²) in [7, 11) is 0. The van der Waals surface area contributed by atoms with Crippen molar-refractivity contribution >= 4 is 0 Å². The lowest BCUT2D eigenvalue weighted by Gasteiger charge is -2.22. The second kappa shape index (κ2) is 6.40. The molecule has 0 aromatic heterocycles. The molecule has 3 unspecified atom stereocenters. The third kappa shape index (κ3) is 4.70. The van der Waals surface area contributed by atoms with Crippen molar-refractivity contribution in [1.82, 2.24) is 0 Å². The van der Waals surface area contributed by atoms with Crippen LogP contribution in [0.2, 0.25) is 0 Å². The quantitative estimate of drug-likeness (QED) is 0.553. The maximum atomic E-state index is 9.48. The first-order valence-electron chi connectivity index (χ1n) is 4.58. The van der Waals surface area contributed by atoms with E-state index in [4.69, 9.17) is 10.2 Å². The summed E-state index contributed by atoms with van der Waals surface area (Å²) in [6, 6.07) is 0. The van der Waals surface area contributed by atoms with Crippen molar-refractivity contribution in [2.24, 2.45) is 5.92 Å². The van der Waals surface area contributed by atoms with Crippen LogP contribution in [0.25, 0.3) is 0 Å². The summed E-state index contributed by atoms with van der Waals surface area (Å²) >= 11 is 0. The van der Waals surface area contributed by atoms with E-state index in [1.54, 1.807) is 6.92 Å². The molecule has 0 saturated carbocycles.